The van der Waals surface area contributed by atoms with E-state index in [4.69, 9.17) is 0 Å². The van der Waals surface area contributed by atoms with Crippen LogP contribution in [0.25, 0.3) is 0 Å². The minimum absolute atomic E-state index is 0. The molecule has 1 N–H and O–H groups in total. The fourth-order valence-electron chi connectivity index (χ4n) is 1.53. The Kier molecular flexibility index (Phi) is 6.15. The van der Waals surface area contributed by atoms with E-state index in [1.54, 1.807) is 11.8 Å². The van der Waals surface area contributed by atoms with Gasteiger partial charge in [0.15, 0.2) is 5.17 Å². The van der Waals surface area contributed by atoms with E-state index in [-0.39, 0.29) is 24.0 Å². The summed E-state index contributed by atoms with van der Waals surface area (Å²) < 4.78 is 0. The Morgan fingerprint density at radius 1 is 1.38 bits per heavy atom. The second-order valence-electron chi connectivity index (χ2n) is 3.46. The average molecular weight is 348 g/mol. The van der Waals surface area contributed by atoms with Crippen molar-refractivity contribution >= 4 is 16.9 Å². The highest BCUT2D eigenvalue weighted by Gasteiger charge is 2.10. The minimum atomic E-state index is 0. The summed E-state index contributed by atoms with van der Waals surface area (Å²) in [5.41, 5.74) is 1.34. The molecule has 0 aromatic heterocycles. The number of nitrogens with one attached hydrogen (secondary N) is 1. The number of rotatable bonds is 2. The monoisotopic (exact) mass is 348 g/mol. The van der Waals surface area contributed by atoms with Crippen molar-refractivity contribution in [1.29, 1.82) is 0 Å². The van der Waals surface area contributed by atoms with Crippen LogP contribution in [0.3, 0.4) is 0 Å². The van der Waals surface area contributed by atoms with Crippen LogP contribution in [0.4, 0.5) is 0 Å². The van der Waals surface area contributed by atoms with E-state index < -0.39 is 0 Å². The first-order chi connectivity index (χ1) is 7.38. The fourth-order valence-corrected chi connectivity index (χ4v) is 1.93. The maximum Gasteiger partial charge on any atom is 0.158 e. The summed E-state index contributed by atoms with van der Waals surface area (Å²) in [5.74, 6) is 0. The number of aliphatic imine (C=N–C) groups is 1. The van der Waals surface area contributed by atoms with E-state index in [1.165, 1.54) is 5.56 Å². The van der Waals surface area contributed by atoms with Crippen LogP contribution in [0.5, 0.6) is 0 Å². The summed E-state index contributed by atoms with van der Waals surface area (Å²) in [6.07, 6.45) is 2.04. The van der Waals surface area contributed by atoms with Crippen molar-refractivity contribution in [3.05, 3.63) is 35.9 Å². The van der Waals surface area contributed by atoms with Crippen LogP contribution in [0.1, 0.15) is 5.56 Å². The predicted molar refractivity (Wildman–Crippen MR) is 65.8 cm³/mol. The summed E-state index contributed by atoms with van der Waals surface area (Å²) in [4.78, 5) is 6.69. The summed E-state index contributed by atoms with van der Waals surface area (Å²) in [6, 6.07) is 10.5. The molecule has 1 aromatic rings. The third-order valence-electron chi connectivity index (χ3n) is 2.31. The van der Waals surface area contributed by atoms with Gasteiger partial charge in [0, 0.05) is 6.54 Å². The molecule has 0 radical (unpaired) electrons. The van der Waals surface area contributed by atoms with Gasteiger partial charge in [0.1, 0.15) is 0 Å². The molecule has 2 rings (SSSR count). The molecule has 0 aliphatic carbocycles. The zero-order valence-corrected chi connectivity index (χ0v) is 12.2. The Hall–Kier alpha value is -0.270. The summed E-state index contributed by atoms with van der Waals surface area (Å²) in [5, 5.41) is 4.32. The van der Waals surface area contributed by atoms with Gasteiger partial charge < -0.3 is 29.3 Å². The van der Waals surface area contributed by atoms with Crippen LogP contribution < -0.4 is 29.3 Å². The third-order valence-corrected chi connectivity index (χ3v) is 2.97. The summed E-state index contributed by atoms with van der Waals surface area (Å²) in [7, 11) is 0. The fraction of sp³-hybridized carbons (Fsp3) is 0.364. The molecule has 0 atom stereocenters. The van der Waals surface area contributed by atoms with Crippen LogP contribution in [-0.2, 0) is 6.54 Å². The molecule has 16 heavy (non-hydrogen) atoms. The first-order valence-electron chi connectivity index (χ1n) is 4.97. The van der Waals surface area contributed by atoms with Crippen molar-refractivity contribution in [2.45, 2.75) is 6.54 Å². The van der Waals surface area contributed by atoms with Crippen LogP contribution in [0.15, 0.2) is 35.3 Å². The van der Waals surface area contributed by atoms with Gasteiger partial charge in [-0.05, 0) is 11.8 Å². The normalized spacial score (nSPS) is 15.9. The van der Waals surface area contributed by atoms with E-state index in [2.05, 4.69) is 39.5 Å². The molecule has 1 aromatic carbocycles. The number of thioether (sulfide) groups is 1. The second-order valence-corrected chi connectivity index (χ2v) is 4.25. The highest BCUT2D eigenvalue weighted by molar-refractivity contribution is 8.13. The van der Waals surface area contributed by atoms with E-state index in [0.29, 0.717) is 0 Å². The Morgan fingerprint density at radius 2 is 2.12 bits per heavy atom. The molecule has 0 amide bonds. The number of nitrogens with zero attached hydrogens (tertiary/aromatic N) is 2. The van der Waals surface area contributed by atoms with Gasteiger partial charge in [0.25, 0.3) is 0 Å². The van der Waals surface area contributed by atoms with Gasteiger partial charge in [-0.1, -0.05) is 42.1 Å². The number of halogens is 1. The molecule has 0 saturated heterocycles. The van der Waals surface area contributed by atoms with Gasteiger partial charge in [-0.25, -0.2) is 4.99 Å². The molecule has 1 aliphatic heterocycles. The molecular weight excluding hydrogens is 333 g/mol. The highest BCUT2D eigenvalue weighted by atomic mass is 127. The zero-order valence-electron chi connectivity index (χ0n) is 9.19. The number of hydrogen-bond acceptors (Lipinski definition) is 4. The van der Waals surface area contributed by atoms with Crippen molar-refractivity contribution in [3.8, 4) is 0 Å². The molecule has 0 unspecified atom stereocenters. The highest BCUT2D eigenvalue weighted by Crippen LogP contribution is 2.07. The van der Waals surface area contributed by atoms with Crippen LogP contribution in [0.2, 0.25) is 0 Å². The van der Waals surface area contributed by atoms with Crippen molar-refractivity contribution in [1.82, 2.24) is 10.2 Å². The topological polar surface area (TPSA) is 27.6 Å². The molecule has 5 heteroatoms. The SMILES string of the molecule is CSC1=NCN(Cc2ccccc2)CN1.[I-]. The lowest BCUT2D eigenvalue weighted by Crippen LogP contribution is -3.00. The van der Waals surface area contributed by atoms with E-state index >= 15 is 0 Å². The molecule has 1 heterocycles. The lowest BCUT2D eigenvalue weighted by Gasteiger charge is -2.25. The first kappa shape index (κ1) is 13.8. The Bertz CT molecular complexity index is 342. The molecule has 0 spiro atoms. The lowest BCUT2D eigenvalue weighted by molar-refractivity contribution is -0.00000311. The summed E-state index contributed by atoms with van der Waals surface area (Å²) in [6.45, 7) is 2.63. The minimum Gasteiger partial charge on any atom is -1.00 e. The smallest absolute Gasteiger partial charge is 0.158 e. The molecule has 3 nitrogen and oxygen atoms in total. The van der Waals surface area contributed by atoms with Gasteiger partial charge in [0.05, 0.1) is 13.3 Å². The Morgan fingerprint density at radius 3 is 2.69 bits per heavy atom. The van der Waals surface area contributed by atoms with Gasteiger partial charge in [-0.2, -0.15) is 0 Å². The number of benzene rings is 1. The standard InChI is InChI=1S/C11H15N3S.HI/c1-15-11-12-8-14(9-13-11)7-10-5-3-2-4-6-10;/h2-6H,7-9H2,1H3,(H,12,13);1H/p-1. The number of amidine groups is 1. The van der Waals surface area contributed by atoms with E-state index in [1.807, 2.05) is 12.3 Å². The molecule has 0 bridgehead atoms. The average Bonchev–Trinajstić information content (AvgIpc) is 2.31. The van der Waals surface area contributed by atoms with Gasteiger partial charge >= 0.3 is 0 Å². The maximum atomic E-state index is 4.42. The van der Waals surface area contributed by atoms with Crippen molar-refractivity contribution in [2.24, 2.45) is 4.99 Å². The number of hydrogen-bond donors (Lipinski definition) is 1. The van der Waals surface area contributed by atoms with Crippen LogP contribution in [0, 0.1) is 0 Å². The molecule has 88 valence electrons. The third kappa shape index (κ3) is 3.95. The second kappa shape index (κ2) is 7.13. The Balaban J connectivity index is 0.00000128. The first-order valence-corrected chi connectivity index (χ1v) is 6.19. The van der Waals surface area contributed by atoms with Gasteiger partial charge in [-0.15, -0.1) is 0 Å². The van der Waals surface area contributed by atoms with Gasteiger partial charge in [-0.3, -0.25) is 4.90 Å². The Labute approximate surface area is 118 Å². The lowest BCUT2D eigenvalue weighted by atomic mass is 10.2. The van der Waals surface area contributed by atoms with Crippen LogP contribution >= 0.6 is 11.8 Å². The molecular formula is C11H15IN3S-. The van der Waals surface area contributed by atoms with Crippen LogP contribution in [-0.4, -0.2) is 29.7 Å². The molecule has 1 aliphatic rings. The molecule has 0 saturated carbocycles. The van der Waals surface area contributed by atoms with Crippen molar-refractivity contribution < 1.29 is 24.0 Å². The summed E-state index contributed by atoms with van der Waals surface area (Å²) >= 11 is 1.67. The van der Waals surface area contributed by atoms with E-state index in [0.717, 1.165) is 25.0 Å². The quantitative estimate of drug-likeness (QED) is 0.676. The largest absolute Gasteiger partial charge is 1.00 e. The van der Waals surface area contributed by atoms with Crippen molar-refractivity contribution in [2.75, 3.05) is 19.6 Å². The molecule has 0 fully saturated rings. The van der Waals surface area contributed by atoms with E-state index in [9.17, 15) is 0 Å². The maximum absolute atomic E-state index is 4.42. The zero-order chi connectivity index (χ0) is 10.5. The van der Waals surface area contributed by atoms with Crippen molar-refractivity contribution in [3.63, 3.8) is 0 Å². The predicted octanol–water partition coefficient (Wildman–Crippen LogP) is -1.27. The van der Waals surface area contributed by atoms with Gasteiger partial charge in [0.2, 0.25) is 0 Å².